The molecular formula is C18H13Cl2N3O2. The summed E-state index contributed by atoms with van der Waals surface area (Å²) in [5.74, 6) is -1.09. The summed E-state index contributed by atoms with van der Waals surface area (Å²) in [6.07, 6.45) is 0. The zero-order valence-corrected chi connectivity index (χ0v) is 14.4. The highest BCUT2D eigenvalue weighted by molar-refractivity contribution is 6.37. The molecule has 1 amide bonds. The third-order valence-electron chi connectivity index (χ3n) is 3.74. The molecule has 0 aliphatic carbocycles. The van der Waals surface area contributed by atoms with Gasteiger partial charge in [0.25, 0.3) is 5.91 Å². The highest BCUT2D eigenvalue weighted by Crippen LogP contribution is 2.38. The summed E-state index contributed by atoms with van der Waals surface area (Å²) in [7, 11) is 0. The summed E-state index contributed by atoms with van der Waals surface area (Å²) in [5, 5.41) is 0.699. The van der Waals surface area contributed by atoms with Gasteiger partial charge in [0.05, 0.1) is 11.3 Å². The maximum Gasteiger partial charge on any atom is 0.253 e. The molecule has 1 aromatic heterocycles. The summed E-state index contributed by atoms with van der Waals surface area (Å²) in [6, 6.07) is 13.3. The minimum Gasteiger partial charge on any atom is -0.385 e. The van der Waals surface area contributed by atoms with E-state index in [0.717, 1.165) is 0 Å². The molecule has 0 radical (unpaired) electrons. The van der Waals surface area contributed by atoms with E-state index < -0.39 is 5.91 Å². The van der Waals surface area contributed by atoms with Gasteiger partial charge in [0.1, 0.15) is 5.82 Å². The molecule has 0 spiro atoms. The maximum atomic E-state index is 12.9. The van der Waals surface area contributed by atoms with Crippen molar-refractivity contribution >= 4 is 40.7 Å². The fraction of sp³-hybridized carbons (Fsp3) is 0. The zero-order valence-electron chi connectivity index (χ0n) is 12.8. The lowest BCUT2D eigenvalue weighted by atomic mass is 9.96. The van der Waals surface area contributed by atoms with E-state index in [-0.39, 0.29) is 33.4 Å². The number of nitrogens with two attached hydrogens (primary N) is 2. The molecule has 5 nitrogen and oxygen atoms in total. The fourth-order valence-corrected chi connectivity index (χ4v) is 3.14. The number of ketones is 1. The van der Waals surface area contributed by atoms with Gasteiger partial charge in [-0.05, 0) is 12.1 Å². The first kappa shape index (κ1) is 17.1. The van der Waals surface area contributed by atoms with E-state index in [9.17, 15) is 9.59 Å². The van der Waals surface area contributed by atoms with E-state index in [4.69, 9.17) is 34.7 Å². The van der Waals surface area contributed by atoms with Crippen molar-refractivity contribution in [3.63, 3.8) is 0 Å². The lowest BCUT2D eigenvalue weighted by Gasteiger charge is -2.08. The van der Waals surface area contributed by atoms with Crippen LogP contribution >= 0.6 is 23.2 Å². The van der Waals surface area contributed by atoms with E-state index in [2.05, 4.69) is 4.98 Å². The number of anilines is 1. The zero-order chi connectivity index (χ0) is 18.1. The van der Waals surface area contributed by atoms with E-state index in [1.165, 1.54) is 6.07 Å². The molecule has 0 saturated carbocycles. The molecule has 0 bridgehead atoms. The van der Waals surface area contributed by atoms with E-state index in [0.29, 0.717) is 16.1 Å². The summed E-state index contributed by atoms with van der Waals surface area (Å²) in [6.45, 7) is 0. The Hall–Kier alpha value is -2.76. The third-order valence-corrected chi connectivity index (χ3v) is 4.29. The minimum atomic E-state index is -0.762. The van der Waals surface area contributed by atoms with Crippen molar-refractivity contribution < 1.29 is 9.59 Å². The molecule has 0 fully saturated rings. The molecule has 0 aliphatic heterocycles. The Bertz CT molecular complexity index is 981. The predicted molar refractivity (Wildman–Crippen MR) is 99.1 cm³/mol. The van der Waals surface area contributed by atoms with Crippen LogP contribution < -0.4 is 11.5 Å². The Balaban J connectivity index is 2.29. The number of benzene rings is 2. The van der Waals surface area contributed by atoms with Gasteiger partial charge in [-0.15, -0.1) is 0 Å². The number of aromatic nitrogens is 1. The van der Waals surface area contributed by atoms with Crippen molar-refractivity contribution in [2.75, 3.05) is 5.73 Å². The molecule has 5 N–H and O–H groups in total. The SMILES string of the molecule is NC(=O)c1c(N)[nH]c(C(=O)c2ccccc2)c1-c1ccc(Cl)cc1Cl. The number of nitrogen functional groups attached to an aromatic ring is 1. The first-order valence-corrected chi connectivity index (χ1v) is 8.02. The molecule has 0 unspecified atom stereocenters. The highest BCUT2D eigenvalue weighted by atomic mass is 35.5. The highest BCUT2D eigenvalue weighted by Gasteiger charge is 2.27. The van der Waals surface area contributed by atoms with Gasteiger partial charge in [0, 0.05) is 26.7 Å². The van der Waals surface area contributed by atoms with Crippen molar-refractivity contribution in [2.45, 2.75) is 0 Å². The van der Waals surface area contributed by atoms with Crippen LogP contribution in [0.5, 0.6) is 0 Å². The second kappa shape index (κ2) is 6.63. The van der Waals surface area contributed by atoms with Crippen molar-refractivity contribution in [1.82, 2.24) is 4.98 Å². The minimum absolute atomic E-state index is 0.00722. The van der Waals surface area contributed by atoms with E-state index in [1.807, 2.05) is 0 Å². The first-order valence-electron chi connectivity index (χ1n) is 7.26. The molecule has 25 heavy (non-hydrogen) atoms. The van der Waals surface area contributed by atoms with Crippen molar-refractivity contribution in [1.29, 1.82) is 0 Å². The maximum absolute atomic E-state index is 12.9. The fourth-order valence-electron chi connectivity index (χ4n) is 2.64. The number of primary amides is 1. The molecule has 126 valence electrons. The van der Waals surface area contributed by atoms with Crippen LogP contribution in [0.3, 0.4) is 0 Å². The Morgan fingerprint density at radius 3 is 2.28 bits per heavy atom. The molecule has 3 rings (SSSR count). The van der Waals surface area contributed by atoms with Crippen molar-refractivity contribution in [3.8, 4) is 11.1 Å². The van der Waals surface area contributed by atoms with E-state index in [1.54, 1.807) is 42.5 Å². The average Bonchev–Trinajstić information content (AvgIpc) is 2.92. The van der Waals surface area contributed by atoms with Crippen LogP contribution in [0.25, 0.3) is 11.1 Å². The summed E-state index contributed by atoms with van der Waals surface area (Å²) in [4.78, 5) is 27.6. The number of nitrogens with one attached hydrogen (secondary N) is 1. The van der Waals surface area contributed by atoms with Crippen LogP contribution in [0.4, 0.5) is 5.82 Å². The van der Waals surface area contributed by atoms with Crippen LogP contribution in [0, 0.1) is 0 Å². The number of amides is 1. The van der Waals surface area contributed by atoms with E-state index >= 15 is 0 Å². The van der Waals surface area contributed by atoms with Gasteiger partial charge in [0.2, 0.25) is 5.78 Å². The first-order chi connectivity index (χ1) is 11.9. The topological polar surface area (TPSA) is 102 Å². The second-order valence-electron chi connectivity index (χ2n) is 5.35. The Labute approximate surface area is 153 Å². The van der Waals surface area contributed by atoms with Crippen molar-refractivity contribution in [3.05, 3.63) is 75.4 Å². The van der Waals surface area contributed by atoms with Crippen LogP contribution in [-0.2, 0) is 0 Å². The Morgan fingerprint density at radius 1 is 1.00 bits per heavy atom. The Kier molecular flexibility index (Phi) is 4.53. The number of hydrogen-bond donors (Lipinski definition) is 3. The van der Waals surface area contributed by atoms with Gasteiger partial charge in [-0.3, -0.25) is 9.59 Å². The molecular weight excluding hydrogens is 361 g/mol. The molecule has 0 aliphatic rings. The molecule has 2 aromatic carbocycles. The van der Waals surface area contributed by atoms with Gasteiger partial charge in [-0.25, -0.2) is 0 Å². The smallest absolute Gasteiger partial charge is 0.253 e. The van der Waals surface area contributed by atoms with Gasteiger partial charge in [-0.1, -0.05) is 59.6 Å². The quantitative estimate of drug-likeness (QED) is 0.604. The van der Waals surface area contributed by atoms with Crippen LogP contribution in [-0.4, -0.2) is 16.7 Å². The lowest BCUT2D eigenvalue weighted by molar-refractivity contribution is 0.100. The molecule has 1 heterocycles. The van der Waals surface area contributed by atoms with Gasteiger partial charge in [-0.2, -0.15) is 0 Å². The second-order valence-corrected chi connectivity index (χ2v) is 6.19. The number of hydrogen-bond acceptors (Lipinski definition) is 3. The van der Waals surface area contributed by atoms with Gasteiger partial charge in [0.15, 0.2) is 0 Å². The summed E-state index contributed by atoms with van der Waals surface area (Å²) < 4.78 is 0. The summed E-state index contributed by atoms with van der Waals surface area (Å²) >= 11 is 12.2. The van der Waals surface area contributed by atoms with Crippen molar-refractivity contribution in [2.24, 2.45) is 5.73 Å². The van der Waals surface area contributed by atoms with Crippen LogP contribution in [0.1, 0.15) is 26.4 Å². The lowest BCUT2D eigenvalue weighted by Crippen LogP contribution is -2.13. The number of H-pyrrole nitrogens is 1. The third kappa shape index (κ3) is 3.12. The predicted octanol–water partition coefficient (Wildman–Crippen LogP) is 3.90. The molecule has 0 atom stereocenters. The standard InChI is InChI=1S/C18H13Cl2N3O2/c19-10-6-7-11(12(20)8-10)13-14(18(22)25)17(21)23-15(13)16(24)9-4-2-1-3-5-9/h1-8,23H,21H2,(H2,22,25). The molecule has 0 saturated heterocycles. The number of carbonyl (C=O) groups excluding carboxylic acids is 2. The number of halogens is 2. The number of carbonyl (C=O) groups is 2. The normalized spacial score (nSPS) is 10.6. The van der Waals surface area contributed by atoms with Crippen LogP contribution in [0.2, 0.25) is 10.0 Å². The molecule has 7 heteroatoms. The monoisotopic (exact) mass is 373 g/mol. The molecule has 3 aromatic rings. The largest absolute Gasteiger partial charge is 0.385 e. The van der Waals surface area contributed by atoms with Gasteiger partial charge >= 0.3 is 0 Å². The summed E-state index contributed by atoms with van der Waals surface area (Å²) in [5.41, 5.74) is 12.7. The van der Waals surface area contributed by atoms with Gasteiger partial charge < -0.3 is 16.5 Å². The number of rotatable bonds is 4. The Morgan fingerprint density at radius 2 is 1.68 bits per heavy atom. The number of aromatic amines is 1. The van der Waals surface area contributed by atoms with Crippen LogP contribution in [0.15, 0.2) is 48.5 Å². The average molecular weight is 374 g/mol.